The van der Waals surface area contributed by atoms with Gasteiger partial charge in [-0.15, -0.1) is 12.4 Å². The summed E-state index contributed by atoms with van der Waals surface area (Å²) in [5.41, 5.74) is 3.09. The van der Waals surface area contributed by atoms with Gasteiger partial charge in [-0.1, -0.05) is 13.8 Å². The van der Waals surface area contributed by atoms with E-state index in [0.29, 0.717) is 25.5 Å². The minimum Gasteiger partial charge on any atom is -0.383 e. The second-order valence-corrected chi connectivity index (χ2v) is 5.99. The number of aryl methyl sites for hydroxylation is 1. The smallest absolute Gasteiger partial charge is 0.224 e. The number of nitrogens with one attached hydrogen (secondary N) is 2. The predicted octanol–water partition coefficient (Wildman–Crippen LogP) is 1.47. The van der Waals surface area contributed by atoms with E-state index in [9.17, 15) is 4.79 Å². The summed E-state index contributed by atoms with van der Waals surface area (Å²) in [5.74, 6) is 0.585. The Morgan fingerprint density at radius 3 is 2.57 bits per heavy atom. The van der Waals surface area contributed by atoms with Crippen molar-refractivity contribution in [2.75, 3.05) is 33.4 Å². The van der Waals surface area contributed by atoms with Crippen LogP contribution in [0, 0.1) is 19.8 Å². The molecule has 0 aliphatic rings. The molecule has 1 heterocycles. The topological polar surface area (TPSA) is 68.2 Å². The number of hydrogen-bond acceptors (Lipinski definition) is 4. The highest BCUT2D eigenvalue weighted by Crippen LogP contribution is 2.15. The van der Waals surface area contributed by atoms with Gasteiger partial charge in [-0.2, -0.15) is 5.10 Å². The molecule has 134 valence electrons. The zero-order valence-electron chi connectivity index (χ0n) is 14.9. The molecule has 0 aliphatic heterocycles. The minimum absolute atomic E-state index is 0. The van der Waals surface area contributed by atoms with Crippen LogP contribution >= 0.6 is 12.4 Å². The molecule has 0 radical (unpaired) electrons. The van der Waals surface area contributed by atoms with E-state index in [1.54, 1.807) is 7.11 Å². The fourth-order valence-corrected chi connectivity index (χ4v) is 2.33. The van der Waals surface area contributed by atoms with Crippen molar-refractivity contribution in [2.45, 2.75) is 40.7 Å². The third kappa shape index (κ3) is 7.81. The van der Waals surface area contributed by atoms with Gasteiger partial charge in [-0.3, -0.25) is 9.48 Å². The number of rotatable bonds is 10. The van der Waals surface area contributed by atoms with Gasteiger partial charge < -0.3 is 15.4 Å². The van der Waals surface area contributed by atoms with Gasteiger partial charge in [0.1, 0.15) is 0 Å². The van der Waals surface area contributed by atoms with Crippen LogP contribution in [0.15, 0.2) is 0 Å². The monoisotopic (exact) mass is 346 g/mol. The van der Waals surface area contributed by atoms with Crippen LogP contribution in [0.2, 0.25) is 0 Å². The fourth-order valence-electron chi connectivity index (χ4n) is 2.33. The minimum atomic E-state index is 0. The third-order valence-electron chi connectivity index (χ3n) is 3.51. The second kappa shape index (κ2) is 11.4. The van der Waals surface area contributed by atoms with Gasteiger partial charge in [0.2, 0.25) is 5.91 Å². The van der Waals surface area contributed by atoms with Crippen molar-refractivity contribution >= 4 is 18.3 Å². The van der Waals surface area contributed by atoms with Crippen molar-refractivity contribution in [3.05, 3.63) is 17.0 Å². The molecule has 0 saturated heterocycles. The molecule has 1 aromatic heterocycles. The molecule has 0 spiro atoms. The predicted molar refractivity (Wildman–Crippen MR) is 95.2 cm³/mol. The lowest BCUT2D eigenvalue weighted by Crippen LogP contribution is -2.34. The average Bonchev–Trinajstić information content (AvgIpc) is 2.69. The van der Waals surface area contributed by atoms with Crippen LogP contribution in [-0.4, -0.2) is 49.0 Å². The highest BCUT2D eigenvalue weighted by molar-refractivity contribution is 5.85. The highest BCUT2D eigenvalue weighted by atomic mass is 35.5. The van der Waals surface area contributed by atoms with E-state index in [1.165, 1.54) is 0 Å². The molecule has 23 heavy (non-hydrogen) atoms. The normalized spacial score (nSPS) is 10.7. The number of ether oxygens (including phenoxy) is 1. The Labute approximate surface area is 145 Å². The van der Waals surface area contributed by atoms with E-state index >= 15 is 0 Å². The first-order valence-electron chi connectivity index (χ1n) is 7.95. The summed E-state index contributed by atoms with van der Waals surface area (Å²) in [7, 11) is 1.67. The molecule has 0 atom stereocenters. The van der Waals surface area contributed by atoms with Crippen LogP contribution < -0.4 is 10.6 Å². The molecule has 0 aliphatic carbocycles. The van der Waals surface area contributed by atoms with Gasteiger partial charge in [0.05, 0.1) is 18.7 Å². The Kier molecular flexibility index (Phi) is 10.9. The Morgan fingerprint density at radius 2 is 1.96 bits per heavy atom. The third-order valence-corrected chi connectivity index (χ3v) is 3.51. The van der Waals surface area contributed by atoms with Crippen molar-refractivity contribution in [3.63, 3.8) is 0 Å². The number of halogens is 1. The highest BCUT2D eigenvalue weighted by Gasteiger charge is 2.15. The number of carbonyl (C=O) groups is 1. The summed E-state index contributed by atoms with van der Waals surface area (Å²) >= 11 is 0. The SMILES string of the molecule is COCCNCCNC(=O)Cc1c(C)nn(CC(C)C)c1C.Cl. The van der Waals surface area contributed by atoms with Crippen LogP contribution in [0.4, 0.5) is 0 Å². The number of amides is 1. The molecule has 0 saturated carbocycles. The molecule has 1 rings (SSSR count). The lowest BCUT2D eigenvalue weighted by molar-refractivity contribution is -0.120. The molecule has 0 bridgehead atoms. The van der Waals surface area contributed by atoms with E-state index in [0.717, 1.165) is 36.6 Å². The lowest BCUT2D eigenvalue weighted by atomic mass is 10.1. The van der Waals surface area contributed by atoms with E-state index in [2.05, 4.69) is 29.6 Å². The molecule has 6 nitrogen and oxygen atoms in total. The number of methoxy groups -OCH3 is 1. The fraction of sp³-hybridized carbons (Fsp3) is 0.750. The molecular weight excluding hydrogens is 316 g/mol. The lowest BCUT2D eigenvalue weighted by Gasteiger charge is -2.09. The van der Waals surface area contributed by atoms with Gasteiger partial charge in [0.25, 0.3) is 0 Å². The summed E-state index contributed by atoms with van der Waals surface area (Å²) < 4.78 is 6.95. The molecular formula is C16H31ClN4O2. The van der Waals surface area contributed by atoms with Gasteiger partial charge in [-0.05, 0) is 19.8 Å². The molecule has 1 amide bonds. The van der Waals surface area contributed by atoms with Crippen LogP contribution in [0.5, 0.6) is 0 Å². The van der Waals surface area contributed by atoms with Crippen LogP contribution in [0.1, 0.15) is 30.8 Å². The zero-order valence-corrected chi connectivity index (χ0v) is 15.8. The van der Waals surface area contributed by atoms with E-state index < -0.39 is 0 Å². The first kappa shape index (κ1) is 21.9. The van der Waals surface area contributed by atoms with Crippen molar-refractivity contribution < 1.29 is 9.53 Å². The second-order valence-electron chi connectivity index (χ2n) is 5.99. The van der Waals surface area contributed by atoms with Gasteiger partial charge >= 0.3 is 0 Å². The summed E-state index contributed by atoms with van der Waals surface area (Å²) in [6.45, 7) is 12.1. The molecule has 1 aromatic rings. The average molecular weight is 347 g/mol. The maximum atomic E-state index is 12.0. The van der Waals surface area contributed by atoms with Crippen molar-refractivity contribution in [2.24, 2.45) is 5.92 Å². The van der Waals surface area contributed by atoms with Gasteiger partial charge in [-0.25, -0.2) is 0 Å². The number of aromatic nitrogens is 2. The zero-order chi connectivity index (χ0) is 16.5. The van der Waals surface area contributed by atoms with Crippen LogP contribution in [-0.2, 0) is 22.5 Å². The molecule has 7 heteroatoms. The Bertz CT molecular complexity index is 475. The van der Waals surface area contributed by atoms with Crippen LogP contribution in [0.3, 0.4) is 0 Å². The summed E-state index contributed by atoms with van der Waals surface area (Å²) in [6.07, 6.45) is 0.397. The Morgan fingerprint density at radius 1 is 1.26 bits per heavy atom. The van der Waals surface area contributed by atoms with E-state index in [4.69, 9.17) is 4.74 Å². The van der Waals surface area contributed by atoms with Gasteiger partial charge in [0, 0.05) is 44.5 Å². The first-order chi connectivity index (χ1) is 10.5. The Balaban J connectivity index is 0.00000484. The van der Waals surface area contributed by atoms with Crippen molar-refractivity contribution in [1.29, 1.82) is 0 Å². The standard InChI is InChI=1S/C16H30N4O2.ClH/c1-12(2)11-20-14(4)15(13(3)19-20)10-16(21)18-7-6-17-8-9-22-5;/h12,17H,6-11H2,1-5H3,(H,18,21);1H. The summed E-state index contributed by atoms with van der Waals surface area (Å²) in [5, 5.41) is 10.7. The molecule has 0 fully saturated rings. The summed E-state index contributed by atoms with van der Waals surface area (Å²) in [4.78, 5) is 12.0. The van der Waals surface area contributed by atoms with Crippen molar-refractivity contribution in [1.82, 2.24) is 20.4 Å². The maximum absolute atomic E-state index is 12.0. The van der Waals surface area contributed by atoms with Crippen molar-refractivity contribution in [3.8, 4) is 0 Å². The number of hydrogen-bond donors (Lipinski definition) is 2. The van der Waals surface area contributed by atoms with Crippen LogP contribution in [0.25, 0.3) is 0 Å². The molecule has 0 unspecified atom stereocenters. The first-order valence-corrected chi connectivity index (χ1v) is 7.95. The quantitative estimate of drug-likeness (QED) is 0.630. The van der Waals surface area contributed by atoms with E-state index in [-0.39, 0.29) is 18.3 Å². The maximum Gasteiger partial charge on any atom is 0.224 e. The van der Waals surface area contributed by atoms with Gasteiger partial charge in [0.15, 0.2) is 0 Å². The summed E-state index contributed by atoms with van der Waals surface area (Å²) in [6, 6.07) is 0. The molecule has 0 aromatic carbocycles. The number of nitrogens with zero attached hydrogens (tertiary/aromatic N) is 2. The Hall–Kier alpha value is -1.11. The molecule has 2 N–H and O–H groups in total. The number of carbonyl (C=O) groups excluding carboxylic acids is 1. The largest absolute Gasteiger partial charge is 0.383 e. The van der Waals surface area contributed by atoms with E-state index in [1.807, 2.05) is 18.5 Å².